The maximum Gasteiger partial charge on any atom is 0.244 e. The Hall–Kier alpha value is -0.610. The first-order chi connectivity index (χ1) is 6.31. The van der Waals surface area contributed by atoms with E-state index in [2.05, 4.69) is 17.7 Å². The van der Waals surface area contributed by atoms with Crippen molar-refractivity contribution in [3.05, 3.63) is 0 Å². The molecule has 0 bridgehead atoms. The average molecular weight is 188 g/mol. The molecule has 0 aliphatic rings. The molecule has 13 heavy (non-hydrogen) atoms. The van der Waals surface area contributed by atoms with E-state index in [1.54, 1.807) is 0 Å². The predicted octanol–water partition coefficient (Wildman–Crippen LogP) is 0.834. The second kappa shape index (κ2) is 9.48. The molecule has 0 fully saturated rings. The number of rotatable bonds is 8. The van der Waals surface area contributed by atoms with Gasteiger partial charge in [-0.15, -0.1) is 0 Å². The molecule has 78 valence electrons. The molecular formula is C9H20N2O2. The van der Waals surface area contributed by atoms with Gasteiger partial charge in [-0.1, -0.05) is 13.3 Å². The molecule has 0 aliphatic heterocycles. The van der Waals surface area contributed by atoms with Crippen LogP contribution >= 0.6 is 0 Å². The molecule has 0 unspecified atom stereocenters. The summed E-state index contributed by atoms with van der Waals surface area (Å²) in [6.45, 7) is 6.19. The Kier molecular flexibility index (Phi) is 9.03. The molecule has 0 rings (SSSR count). The van der Waals surface area contributed by atoms with Crippen molar-refractivity contribution in [2.45, 2.75) is 33.1 Å². The van der Waals surface area contributed by atoms with Crippen LogP contribution < -0.4 is 10.8 Å². The van der Waals surface area contributed by atoms with Gasteiger partial charge in [0.25, 0.3) is 0 Å². The Morgan fingerprint density at radius 1 is 1.31 bits per heavy atom. The Morgan fingerprint density at radius 2 is 2.08 bits per heavy atom. The standard InChI is InChI=1S/C9H20N2O2/c1-3-5-7-10-8-6-9(12)11-13-4-2/h10H,3-8H2,1-2H3,(H,11,12). The summed E-state index contributed by atoms with van der Waals surface area (Å²) in [5.74, 6) is -0.0640. The molecule has 0 heterocycles. The minimum absolute atomic E-state index is 0.0640. The molecule has 2 N–H and O–H groups in total. The van der Waals surface area contributed by atoms with Gasteiger partial charge in [0.05, 0.1) is 6.61 Å². The zero-order chi connectivity index (χ0) is 9.94. The predicted molar refractivity (Wildman–Crippen MR) is 52.2 cm³/mol. The van der Waals surface area contributed by atoms with Crippen molar-refractivity contribution < 1.29 is 9.63 Å². The van der Waals surface area contributed by atoms with Gasteiger partial charge in [-0.05, 0) is 19.9 Å². The number of nitrogens with one attached hydrogen (secondary N) is 2. The molecule has 0 radical (unpaired) electrons. The number of amides is 1. The number of hydroxylamine groups is 1. The third-order valence-corrected chi connectivity index (χ3v) is 1.57. The van der Waals surface area contributed by atoms with Gasteiger partial charge >= 0.3 is 0 Å². The van der Waals surface area contributed by atoms with Crippen molar-refractivity contribution in [3.8, 4) is 0 Å². The largest absolute Gasteiger partial charge is 0.316 e. The van der Waals surface area contributed by atoms with Crippen LogP contribution in [-0.4, -0.2) is 25.6 Å². The lowest BCUT2D eigenvalue weighted by molar-refractivity contribution is -0.133. The average Bonchev–Trinajstić information content (AvgIpc) is 2.14. The summed E-state index contributed by atoms with van der Waals surface area (Å²) in [5.41, 5.74) is 2.34. The molecule has 0 saturated carbocycles. The quantitative estimate of drug-likeness (QED) is 0.438. The smallest absolute Gasteiger partial charge is 0.244 e. The van der Waals surface area contributed by atoms with Gasteiger partial charge in [0.2, 0.25) is 5.91 Å². The summed E-state index contributed by atoms with van der Waals surface area (Å²) in [7, 11) is 0. The first kappa shape index (κ1) is 12.4. The van der Waals surface area contributed by atoms with Crippen LogP contribution in [0.3, 0.4) is 0 Å². The lowest BCUT2D eigenvalue weighted by Gasteiger charge is -2.04. The van der Waals surface area contributed by atoms with Crippen molar-refractivity contribution in [2.75, 3.05) is 19.7 Å². The summed E-state index contributed by atoms with van der Waals surface area (Å²) in [6.07, 6.45) is 2.81. The van der Waals surface area contributed by atoms with Crippen LogP contribution in [0, 0.1) is 0 Å². The van der Waals surface area contributed by atoms with E-state index in [4.69, 9.17) is 4.84 Å². The lowest BCUT2D eigenvalue weighted by atomic mass is 10.3. The molecule has 0 aromatic carbocycles. The lowest BCUT2D eigenvalue weighted by Crippen LogP contribution is -2.28. The Morgan fingerprint density at radius 3 is 2.69 bits per heavy atom. The van der Waals surface area contributed by atoms with E-state index in [0.717, 1.165) is 19.5 Å². The van der Waals surface area contributed by atoms with Gasteiger partial charge < -0.3 is 5.32 Å². The van der Waals surface area contributed by atoms with Crippen LogP contribution in [0.15, 0.2) is 0 Å². The summed E-state index contributed by atoms with van der Waals surface area (Å²) in [4.78, 5) is 15.7. The maximum absolute atomic E-state index is 11.0. The van der Waals surface area contributed by atoms with Crippen LogP contribution in [0.1, 0.15) is 33.1 Å². The molecule has 0 aromatic heterocycles. The fraction of sp³-hybridized carbons (Fsp3) is 0.889. The van der Waals surface area contributed by atoms with Crippen molar-refractivity contribution in [1.29, 1.82) is 0 Å². The molecule has 0 aliphatic carbocycles. The Balaban J connectivity index is 3.08. The van der Waals surface area contributed by atoms with Gasteiger partial charge in [-0.2, -0.15) is 0 Å². The highest BCUT2D eigenvalue weighted by molar-refractivity contribution is 5.74. The maximum atomic E-state index is 11.0. The van der Waals surface area contributed by atoms with Crippen LogP contribution in [0.2, 0.25) is 0 Å². The van der Waals surface area contributed by atoms with Crippen molar-refractivity contribution in [3.63, 3.8) is 0 Å². The summed E-state index contributed by atoms with van der Waals surface area (Å²) < 4.78 is 0. The van der Waals surface area contributed by atoms with Crippen molar-refractivity contribution >= 4 is 5.91 Å². The molecule has 0 saturated heterocycles. The number of unbranched alkanes of at least 4 members (excludes halogenated alkanes) is 1. The third-order valence-electron chi connectivity index (χ3n) is 1.57. The fourth-order valence-corrected chi connectivity index (χ4v) is 0.832. The van der Waals surface area contributed by atoms with Crippen LogP contribution in [0.5, 0.6) is 0 Å². The fourth-order valence-electron chi connectivity index (χ4n) is 0.832. The van der Waals surface area contributed by atoms with Crippen LogP contribution in [0.25, 0.3) is 0 Å². The van der Waals surface area contributed by atoms with Gasteiger partial charge in [0.1, 0.15) is 0 Å². The van der Waals surface area contributed by atoms with Gasteiger partial charge in [0.15, 0.2) is 0 Å². The van der Waals surface area contributed by atoms with Crippen LogP contribution in [0.4, 0.5) is 0 Å². The Bertz CT molecular complexity index is 129. The molecule has 0 atom stereocenters. The molecular weight excluding hydrogens is 168 g/mol. The summed E-state index contributed by atoms with van der Waals surface area (Å²) >= 11 is 0. The zero-order valence-electron chi connectivity index (χ0n) is 8.56. The summed E-state index contributed by atoms with van der Waals surface area (Å²) in [5, 5.41) is 3.18. The number of hydrogen-bond acceptors (Lipinski definition) is 3. The minimum atomic E-state index is -0.0640. The third kappa shape index (κ3) is 9.30. The minimum Gasteiger partial charge on any atom is -0.316 e. The van der Waals surface area contributed by atoms with Crippen molar-refractivity contribution in [2.24, 2.45) is 0 Å². The highest BCUT2D eigenvalue weighted by Gasteiger charge is 1.98. The SMILES string of the molecule is CCCCNCCC(=O)NOCC. The van der Waals surface area contributed by atoms with Gasteiger partial charge in [-0.25, -0.2) is 5.48 Å². The van der Waals surface area contributed by atoms with E-state index in [1.165, 1.54) is 6.42 Å². The molecule has 0 spiro atoms. The highest BCUT2D eigenvalue weighted by Crippen LogP contribution is 1.83. The van der Waals surface area contributed by atoms with Gasteiger partial charge in [0, 0.05) is 13.0 Å². The first-order valence-electron chi connectivity index (χ1n) is 4.92. The monoisotopic (exact) mass is 188 g/mol. The second-order valence-corrected chi connectivity index (χ2v) is 2.81. The normalized spacial score (nSPS) is 10.0. The number of hydrogen-bond donors (Lipinski definition) is 2. The van der Waals surface area contributed by atoms with E-state index in [1.807, 2.05) is 6.92 Å². The van der Waals surface area contributed by atoms with E-state index in [-0.39, 0.29) is 5.91 Å². The summed E-state index contributed by atoms with van der Waals surface area (Å²) in [6, 6.07) is 0. The Labute approximate surface area is 80.0 Å². The van der Waals surface area contributed by atoms with Crippen molar-refractivity contribution in [1.82, 2.24) is 10.8 Å². The topological polar surface area (TPSA) is 50.4 Å². The molecule has 4 nitrogen and oxygen atoms in total. The number of carbonyl (C=O) groups is 1. The zero-order valence-corrected chi connectivity index (χ0v) is 8.56. The van der Waals surface area contributed by atoms with Gasteiger partial charge in [-0.3, -0.25) is 9.63 Å². The van der Waals surface area contributed by atoms with Crippen LogP contribution in [-0.2, 0) is 9.63 Å². The second-order valence-electron chi connectivity index (χ2n) is 2.81. The first-order valence-corrected chi connectivity index (χ1v) is 4.92. The molecule has 4 heteroatoms. The van der Waals surface area contributed by atoms with E-state index < -0.39 is 0 Å². The van der Waals surface area contributed by atoms with E-state index in [0.29, 0.717) is 13.0 Å². The highest BCUT2D eigenvalue weighted by atomic mass is 16.6. The molecule has 1 amide bonds. The van der Waals surface area contributed by atoms with E-state index in [9.17, 15) is 4.79 Å². The van der Waals surface area contributed by atoms with E-state index >= 15 is 0 Å². The molecule has 0 aromatic rings. The number of carbonyl (C=O) groups excluding carboxylic acids is 1.